The number of halogens is 3. The molecule has 1 heterocycles. The molecule has 1 fully saturated rings. The van der Waals surface area contributed by atoms with Gasteiger partial charge in [-0.1, -0.05) is 6.08 Å². The summed E-state index contributed by atoms with van der Waals surface area (Å²) in [5.74, 6) is -2.89. The lowest BCUT2D eigenvalue weighted by atomic mass is 9.99. The molecule has 0 spiro atoms. The van der Waals surface area contributed by atoms with E-state index < -0.39 is 17.4 Å². The summed E-state index contributed by atoms with van der Waals surface area (Å²) in [5, 5.41) is 13.2. The van der Waals surface area contributed by atoms with Crippen molar-refractivity contribution in [3.05, 3.63) is 40.4 Å². The topological polar surface area (TPSA) is 35.5 Å². The van der Waals surface area contributed by atoms with Crippen molar-refractivity contribution in [2.24, 2.45) is 0 Å². The van der Waals surface area contributed by atoms with Crippen LogP contribution < -0.4 is 5.32 Å². The minimum atomic E-state index is -1.21. The van der Waals surface area contributed by atoms with Crippen LogP contribution in [-0.4, -0.2) is 36.2 Å². The van der Waals surface area contributed by atoms with Gasteiger partial charge in [-0.05, 0) is 28.4 Å². The maximum Gasteiger partial charge on any atom is 0.201 e. The lowest BCUT2D eigenvalue weighted by Gasteiger charge is -2.35. The Morgan fingerprint density at radius 3 is 2.65 bits per heavy atom. The van der Waals surface area contributed by atoms with E-state index in [4.69, 9.17) is 0 Å². The second-order valence-corrected chi connectivity index (χ2v) is 5.60. The van der Waals surface area contributed by atoms with Gasteiger partial charge in [0.05, 0.1) is 4.47 Å². The average molecular weight is 347 g/mol. The van der Waals surface area contributed by atoms with Crippen LogP contribution in [0.25, 0.3) is 0 Å². The normalized spacial score (nSPS) is 17.9. The van der Waals surface area contributed by atoms with Crippen molar-refractivity contribution in [3.8, 4) is 5.75 Å². The van der Waals surface area contributed by atoms with Gasteiger partial charge in [0.15, 0.2) is 11.6 Å². The lowest BCUT2D eigenvalue weighted by molar-refractivity contribution is 0.171. The van der Waals surface area contributed by atoms with Crippen LogP contribution in [0.1, 0.15) is 18.0 Å². The van der Waals surface area contributed by atoms with E-state index in [2.05, 4.69) is 32.7 Å². The van der Waals surface area contributed by atoms with Crippen LogP contribution in [0.2, 0.25) is 0 Å². The second kappa shape index (κ2) is 6.65. The molecule has 0 aliphatic carbocycles. The van der Waals surface area contributed by atoms with Gasteiger partial charge in [0.2, 0.25) is 5.82 Å². The number of benzene rings is 1. The maximum absolute atomic E-state index is 13.7. The van der Waals surface area contributed by atoms with E-state index in [1.807, 2.05) is 0 Å². The van der Waals surface area contributed by atoms with Crippen LogP contribution >= 0.6 is 15.9 Å². The van der Waals surface area contributed by atoms with Crippen LogP contribution in [0.3, 0.4) is 0 Å². The molecule has 1 aromatic carbocycles. The van der Waals surface area contributed by atoms with E-state index in [0.29, 0.717) is 12.0 Å². The first-order chi connectivity index (χ1) is 9.56. The molecule has 110 valence electrons. The predicted molar refractivity (Wildman–Crippen MR) is 77.7 cm³/mol. The van der Waals surface area contributed by atoms with E-state index in [0.717, 1.165) is 26.2 Å². The fourth-order valence-corrected chi connectivity index (χ4v) is 2.90. The predicted octanol–water partition coefficient (Wildman–Crippen LogP) is 2.96. The van der Waals surface area contributed by atoms with Crippen molar-refractivity contribution in [1.29, 1.82) is 0 Å². The molecule has 2 N–H and O–H groups in total. The molecule has 3 nitrogen and oxygen atoms in total. The summed E-state index contributed by atoms with van der Waals surface area (Å²) in [7, 11) is 0. The summed E-state index contributed by atoms with van der Waals surface area (Å²) in [6.45, 7) is 6.95. The molecule has 1 aliphatic heterocycles. The standard InChI is InChI=1S/C14H17BrF2N2O/c1-2-3-11(19-6-4-18-5-7-19)9-8-10(15)12(16)13(17)14(9)20/h2,8,11,18,20H,1,3-7H2/t11-/m1/s1. The zero-order valence-electron chi connectivity index (χ0n) is 11.0. The van der Waals surface area contributed by atoms with E-state index in [9.17, 15) is 13.9 Å². The fourth-order valence-electron chi connectivity index (χ4n) is 2.48. The number of piperazine rings is 1. The molecule has 0 amide bonds. The molecule has 20 heavy (non-hydrogen) atoms. The van der Waals surface area contributed by atoms with E-state index in [1.165, 1.54) is 6.07 Å². The molecule has 0 unspecified atom stereocenters. The number of aromatic hydroxyl groups is 1. The molecule has 1 aliphatic rings. The smallest absolute Gasteiger partial charge is 0.201 e. The van der Waals surface area contributed by atoms with Crippen molar-refractivity contribution in [3.63, 3.8) is 0 Å². The number of hydrogen-bond donors (Lipinski definition) is 2. The summed E-state index contributed by atoms with van der Waals surface area (Å²) < 4.78 is 27.2. The molecular weight excluding hydrogens is 330 g/mol. The number of hydrogen-bond acceptors (Lipinski definition) is 3. The minimum Gasteiger partial charge on any atom is -0.505 e. The van der Waals surface area contributed by atoms with Crippen molar-refractivity contribution in [2.75, 3.05) is 26.2 Å². The van der Waals surface area contributed by atoms with Gasteiger partial charge in [-0.2, -0.15) is 4.39 Å². The summed E-state index contributed by atoms with van der Waals surface area (Å²) in [5.41, 5.74) is 0.387. The third-order valence-electron chi connectivity index (χ3n) is 3.51. The van der Waals surface area contributed by atoms with Crippen molar-refractivity contribution in [1.82, 2.24) is 10.2 Å². The van der Waals surface area contributed by atoms with Gasteiger partial charge in [-0.25, -0.2) is 4.39 Å². The quantitative estimate of drug-likeness (QED) is 0.649. The average Bonchev–Trinajstić information content (AvgIpc) is 2.47. The van der Waals surface area contributed by atoms with Gasteiger partial charge in [-0.15, -0.1) is 6.58 Å². The highest BCUT2D eigenvalue weighted by Crippen LogP contribution is 2.37. The van der Waals surface area contributed by atoms with Gasteiger partial charge in [0.25, 0.3) is 0 Å². The van der Waals surface area contributed by atoms with Crippen molar-refractivity contribution in [2.45, 2.75) is 12.5 Å². The Bertz CT molecular complexity index is 504. The number of phenolic OH excluding ortho intramolecular Hbond substituents is 1. The Hall–Kier alpha value is -0.980. The minimum absolute atomic E-state index is 0.0204. The zero-order chi connectivity index (χ0) is 14.7. The van der Waals surface area contributed by atoms with Crippen LogP contribution in [0.4, 0.5) is 8.78 Å². The first kappa shape index (κ1) is 15.4. The summed E-state index contributed by atoms with van der Waals surface area (Å²) >= 11 is 2.99. The molecule has 6 heteroatoms. The molecule has 0 bridgehead atoms. The Kier molecular flexibility index (Phi) is 5.12. The first-order valence-corrected chi connectivity index (χ1v) is 7.27. The first-order valence-electron chi connectivity index (χ1n) is 6.48. The number of rotatable bonds is 4. The van der Waals surface area contributed by atoms with Gasteiger partial charge in [0, 0.05) is 37.8 Å². The molecule has 1 aromatic rings. The van der Waals surface area contributed by atoms with Crippen LogP contribution in [0, 0.1) is 11.6 Å². The SMILES string of the molecule is C=CC[C@H](c1cc(Br)c(F)c(F)c1O)N1CCNCC1. The molecule has 2 rings (SSSR count). The lowest BCUT2D eigenvalue weighted by Crippen LogP contribution is -2.45. The molecule has 1 saturated heterocycles. The largest absolute Gasteiger partial charge is 0.505 e. The molecule has 0 radical (unpaired) electrons. The maximum atomic E-state index is 13.7. The Morgan fingerprint density at radius 1 is 1.40 bits per heavy atom. The number of nitrogens with zero attached hydrogens (tertiary/aromatic N) is 1. The molecule has 0 aromatic heterocycles. The number of phenols is 1. The third-order valence-corrected chi connectivity index (χ3v) is 4.08. The van der Waals surface area contributed by atoms with Gasteiger partial charge in [-0.3, -0.25) is 4.90 Å². The van der Waals surface area contributed by atoms with Crippen LogP contribution in [0.15, 0.2) is 23.2 Å². The van der Waals surface area contributed by atoms with Crippen molar-refractivity contribution >= 4 is 15.9 Å². The summed E-state index contributed by atoms with van der Waals surface area (Å²) in [6.07, 6.45) is 2.28. The Morgan fingerprint density at radius 2 is 2.05 bits per heavy atom. The van der Waals surface area contributed by atoms with Gasteiger partial charge in [0.1, 0.15) is 0 Å². The summed E-state index contributed by atoms with van der Waals surface area (Å²) in [4.78, 5) is 2.14. The van der Waals surface area contributed by atoms with Crippen molar-refractivity contribution < 1.29 is 13.9 Å². The number of nitrogens with one attached hydrogen (secondary N) is 1. The molecule has 1 atom stereocenters. The monoisotopic (exact) mass is 346 g/mol. The van der Waals surface area contributed by atoms with Crippen LogP contribution in [0.5, 0.6) is 5.75 Å². The highest BCUT2D eigenvalue weighted by molar-refractivity contribution is 9.10. The highest BCUT2D eigenvalue weighted by atomic mass is 79.9. The van der Waals surface area contributed by atoms with Gasteiger partial charge < -0.3 is 10.4 Å². The zero-order valence-corrected chi connectivity index (χ0v) is 12.6. The molecular formula is C14H17BrF2N2O. The van der Waals surface area contributed by atoms with Crippen LogP contribution in [-0.2, 0) is 0 Å². The summed E-state index contributed by atoms with van der Waals surface area (Å²) in [6, 6.07) is 1.24. The van der Waals surface area contributed by atoms with E-state index >= 15 is 0 Å². The Labute approximate surface area is 125 Å². The second-order valence-electron chi connectivity index (χ2n) is 4.75. The third kappa shape index (κ3) is 3.02. The van der Waals surface area contributed by atoms with Gasteiger partial charge >= 0.3 is 0 Å². The highest BCUT2D eigenvalue weighted by Gasteiger charge is 2.27. The van der Waals surface area contributed by atoms with E-state index in [1.54, 1.807) is 6.08 Å². The molecule has 0 saturated carbocycles. The Balaban J connectivity index is 2.40. The fraction of sp³-hybridized carbons (Fsp3) is 0.429. The van der Waals surface area contributed by atoms with E-state index in [-0.39, 0.29) is 10.5 Å².